The van der Waals surface area contributed by atoms with Gasteiger partial charge in [-0.2, -0.15) is 16.4 Å². The number of hydrogen-bond donors (Lipinski definition) is 2. The van der Waals surface area contributed by atoms with Gasteiger partial charge in [0.25, 0.3) is 5.56 Å². The fraction of sp³-hybridized carbons (Fsp3) is 0.333. The first-order chi connectivity index (χ1) is 9.13. The zero-order valence-electron chi connectivity index (χ0n) is 10.3. The third kappa shape index (κ3) is 3.15. The second kappa shape index (κ2) is 6.18. The number of nitrogens with one attached hydrogen (secondary N) is 1. The van der Waals surface area contributed by atoms with E-state index in [0.29, 0.717) is 5.69 Å². The van der Waals surface area contributed by atoms with Crippen molar-refractivity contribution < 1.29 is 5.11 Å². The van der Waals surface area contributed by atoms with Gasteiger partial charge >= 0.3 is 0 Å². The first-order valence-corrected chi connectivity index (χ1v) is 7.10. The molecule has 19 heavy (non-hydrogen) atoms. The minimum Gasteiger partial charge on any atom is -0.394 e. The molecule has 2 aromatic heterocycles. The molecule has 0 aliphatic heterocycles. The summed E-state index contributed by atoms with van der Waals surface area (Å²) < 4.78 is 1.14. The molecule has 0 fully saturated rings. The van der Waals surface area contributed by atoms with Crippen LogP contribution in [0, 0.1) is 0 Å². The molecule has 0 amide bonds. The second-order valence-electron chi connectivity index (χ2n) is 4.05. The van der Waals surface area contributed by atoms with Gasteiger partial charge in [-0.05, 0) is 29.3 Å². The summed E-state index contributed by atoms with van der Waals surface area (Å²) in [6.45, 7) is 1.97. The van der Waals surface area contributed by atoms with E-state index in [1.807, 2.05) is 23.8 Å². The highest BCUT2D eigenvalue weighted by Crippen LogP contribution is 2.23. The van der Waals surface area contributed by atoms with Crippen LogP contribution in [0.1, 0.15) is 18.5 Å². The average Bonchev–Trinajstić information content (AvgIpc) is 2.92. The summed E-state index contributed by atoms with van der Waals surface area (Å²) in [4.78, 5) is 11.9. The maximum Gasteiger partial charge on any atom is 0.287 e. The van der Waals surface area contributed by atoms with Crippen LogP contribution in [0.4, 0.5) is 5.69 Å². The smallest absolute Gasteiger partial charge is 0.287 e. The van der Waals surface area contributed by atoms with Crippen LogP contribution in [0.5, 0.6) is 0 Å². The third-order valence-corrected chi connectivity index (χ3v) is 3.78. The largest absolute Gasteiger partial charge is 0.394 e. The predicted octanol–water partition coefficient (Wildman–Crippen LogP) is 2.12. The number of aliphatic hydroxyl groups is 1. The van der Waals surface area contributed by atoms with Gasteiger partial charge in [0, 0.05) is 6.04 Å². The Morgan fingerprint density at radius 2 is 2.42 bits per heavy atom. The number of aromatic nitrogens is 2. The van der Waals surface area contributed by atoms with E-state index in [1.54, 1.807) is 11.3 Å². The molecule has 0 spiro atoms. The average molecular weight is 300 g/mol. The molecule has 2 rings (SSSR count). The number of aliphatic hydroxyl groups excluding tert-OH is 1. The molecular weight excluding hydrogens is 286 g/mol. The van der Waals surface area contributed by atoms with Crippen molar-refractivity contribution in [3.63, 3.8) is 0 Å². The molecule has 0 aromatic carbocycles. The summed E-state index contributed by atoms with van der Waals surface area (Å²) in [5.74, 6) is 0. The normalized spacial score (nSPS) is 12.4. The molecule has 0 aliphatic rings. The Balaban J connectivity index is 2.22. The highest BCUT2D eigenvalue weighted by molar-refractivity contribution is 7.08. The molecule has 0 radical (unpaired) electrons. The summed E-state index contributed by atoms with van der Waals surface area (Å²) in [7, 11) is 0. The number of halogens is 1. The Labute approximate surface area is 119 Å². The second-order valence-corrected chi connectivity index (χ2v) is 5.20. The SMILES string of the molecule is CC(Nc1cnn(CCO)c(=O)c1Cl)c1ccsc1. The van der Waals surface area contributed by atoms with Crippen molar-refractivity contribution in [1.29, 1.82) is 0 Å². The van der Waals surface area contributed by atoms with E-state index >= 15 is 0 Å². The lowest BCUT2D eigenvalue weighted by Crippen LogP contribution is -2.25. The lowest BCUT2D eigenvalue weighted by molar-refractivity contribution is 0.266. The number of thiophene rings is 1. The van der Waals surface area contributed by atoms with E-state index in [4.69, 9.17) is 16.7 Å². The molecule has 0 aliphatic carbocycles. The van der Waals surface area contributed by atoms with Crippen molar-refractivity contribution in [2.45, 2.75) is 19.5 Å². The number of anilines is 1. The van der Waals surface area contributed by atoms with Gasteiger partial charge in [-0.25, -0.2) is 4.68 Å². The molecule has 2 aromatic rings. The monoisotopic (exact) mass is 299 g/mol. The van der Waals surface area contributed by atoms with E-state index in [-0.39, 0.29) is 24.2 Å². The van der Waals surface area contributed by atoms with Crippen LogP contribution in [-0.2, 0) is 6.54 Å². The molecule has 7 heteroatoms. The Bertz CT molecular complexity index is 598. The van der Waals surface area contributed by atoms with Gasteiger partial charge < -0.3 is 10.4 Å². The number of nitrogens with zero attached hydrogens (tertiary/aromatic N) is 2. The molecule has 1 atom stereocenters. The minimum atomic E-state index is -0.404. The Morgan fingerprint density at radius 3 is 3.05 bits per heavy atom. The zero-order chi connectivity index (χ0) is 13.8. The van der Waals surface area contributed by atoms with Crippen molar-refractivity contribution in [2.75, 3.05) is 11.9 Å². The van der Waals surface area contributed by atoms with Crippen LogP contribution in [0.15, 0.2) is 27.8 Å². The first-order valence-electron chi connectivity index (χ1n) is 5.78. The van der Waals surface area contributed by atoms with E-state index in [1.165, 1.54) is 6.20 Å². The fourth-order valence-electron chi connectivity index (χ4n) is 1.66. The molecule has 1 unspecified atom stereocenters. The van der Waals surface area contributed by atoms with E-state index < -0.39 is 5.56 Å². The van der Waals surface area contributed by atoms with Crippen molar-refractivity contribution in [3.05, 3.63) is 44.0 Å². The highest BCUT2D eigenvalue weighted by Gasteiger charge is 2.12. The Morgan fingerprint density at radius 1 is 1.63 bits per heavy atom. The molecular formula is C12H14ClN3O2S. The van der Waals surface area contributed by atoms with Crippen molar-refractivity contribution in [1.82, 2.24) is 9.78 Å². The number of rotatable bonds is 5. The topological polar surface area (TPSA) is 67.2 Å². The standard InChI is InChI=1S/C12H14ClN3O2S/c1-8(9-2-5-19-7-9)15-10-6-14-16(3-4-17)12(18)11(10)13/h2,5-8,15,17H,3-4H2,1H3. The van der Waals surface area contributed by atoms with E-state index in [9.17, 15) is 4.79 Å². The lowest BCUT2D eigenvalue weighted by Gasteiger charge is -2.15. The molecule has 2 N–H and O–H groups in total. The fourth-order valence-corrected chi connectivity index (χ4v) is 2.61. The summed E-state index contributed by atoms with van der Waals surface area (Å²) >= 11 is 7.64. The van der Waals surface area contributed by atoms with Crippen molar-refractivity contribution in [3.8, 4) is 0 Å². The van der Waals surface area contributed by atoms with Gasteiger partial charge in [0.2, 0.25) is 0 Å². The molecule has 0 saturated carbocycles. The van der Waals surface area contributed by atoms with Crippen LogP contribution in [-0.4, -0.2) is 21.5 Å². The van der Waals surface area contributed by atoms with E-state index in [0.717, 1.165) is 10.2 Å². The minimum absolute atomic E-state index is 0.0404. The molecule has 0 bridgehead atoms. The quantitative estimate of drug-likeness (QED) is 0.887. The summed E-state index contributed by atoms with van der Waals surface area (Å²) in [5, 5.41) is 20.1. The van der Waals surface area contributed by atoms with Crippen molar-refractivity contribution >= 4 is 28.6 Å². The van der Waals surface area contributed by atoms with Gasteiger partial charge in [-0.1, -0.05) is 11.6 Å². The van der Waals surface area contributed by atoms with Gasteiger partial charge in [0.15, 0.2) is 0 Å². The lowest BCUT2D eigenvalue weighted by atomic mass is 10.2. The third-order valence-electron chi connectivity index (χ3n) is 2.71. The van der Waals surface area contributed by atoms with Crippen molar-refractivity contribution in [2.24, 2.45) is 0 Å². The number of hydrogen-bond acceptors (Lipinski definition) is 5. The summed E-state index contributed by atoms with van der Waals surface area (Å²) in [6, 6.07) is 2.05. The maximum absolute atomic E-state index is 11.9. The summed E-state index contributed by atoms with van der Waals surface area (Å²) in [5.41, 5.74) is 1.22. The zero-order valence-corrected chi connectivity index (χ0v) is 11.9. The summed E-state index contributed by atoms with van der Waals surface area (Å²) in [6.07, 6.45) is 1.50. The predicted molar refractivity (Wildman–Crippen MR) is 76.9 cm³/mol. The first kappa shape index (κ1) is 14.0. The molecule has 0 saturated heterocycles. The van der Waals surface area contributed by atoms with Gasteiger partial charge in [0.05, 0.1) is 25.0 Å². The molecule has 2 heterocycles. The maximum atomic E-state index is 11.9. The van der Waals surface area contributed by atoms with Crippen LogP contribution in [0.2, 0.25) is 5.02 Å². The van der Waals surface area contributed by atoms with Crippen LogP contribution >= 0.6 is 22.9 Å². The molecule has 5 nitrogen and oxygen atoms in total. The van der Waals surface area contributed by atoms with Crippen LogP contribution in [0.3, 0.4) is 0 Å². The van der Waals surface area contributed by atoms with Crippen LogP contribution in [0.25, 0.3) is 0 Å². The van der Waals surface area contributed by atoms with Gasteiger partial charge in [-0.15, -0.1) is 0 Å². The molecule has 102 valence electrons. The van der Waals surface area contributed by atoms with E-state index in [2.05, 4.69) is 10.4 Å². The van der Waals surface area contributed by atoms with Gasteiger partial charge in [-0.3, -0.25) is 4.79 Å². The highest BCUT2D eigenvalue weighted by atomic mass is 35.5. The Hall–Kier alpha value is -1.37. The van der Waals surface area contributed by atoms with Crippen LogP contribution < -0.4 is 10.9 Å². The van der Waals surface area contributed by atoms with Gasteiger partial charge in [0.1, 0.15) is 5.02 Å². The Kier molecular flexibility index (Phi) is 4.57.